The van der Waals surface area contributed by atoms with Crippen LogP contribution in [0, 0.1) is 5.92 Å². The van der Waals surface area contributed by atoms with Gasteiger partial charge in [0.2, 0.25) is 11.8 Å². The summed E-state index contributed by atoms with van der Waals surface area (Å²) in [5, 5.41) is 5.49. The molecule has 1 fully saturated rings. The van der Waals surface area contributed by atoms with E-state index in [9.17, 15) is 27.6 Å². The molecule has 0 saturated heterocycles. The Hall–Kier alpha value is -3.94. The molecule has 0 radical (unpaired) electrons. The first kappa shape index (κ1) is 29.1. The molecule has 1 saturated carbocycles. The van der Waals surface area contributed by atoms with Crippen molar-refractivity contribution in [1.82, 2.24) is 15.6 Å². The number of ether oxygens (including phenoxy) is 1. The minimum Gasteiger partial charge on any atom is -0.466 e. The van der Waals surface area contributed by atoms with Gasteiger partial charge in [0.15, 0.2) is 6.61 Å². The number of fused-ring (bicyclic) bond motifs is 1. The minimum absolute atomic E-state index is 0. The first-order chi connectivity index (χ1) is 19.1. The fourth-order valence-electron chi connectivity index (χ4n) is 4.68. The number of nitrogens with two attached hydrogens (primary N) is 1. The fourth-order valence-corrected chi connectivity index (χ4v) is 5.58. The maximum absolute atomic E-state index is 13.2. The van der Waals surface area contributed by atoms with Crippen molar-refractivity contribution in [2.75, 3.05) is 18.6 Å². The average Bonchev–Trinajstić information content (AvgIpc) is 3.61. The molecule has 1 aliphatic heterocycles. The molecule has 0 unspecified atom stereocenters. The van der Waals surface area contributed by atoms with E-state index in [0.29, 0.717) is 29.1 Å². The number of nitrogens with one attached hydrogen (secondary N) is 2. The third kappa shape index (κ3) is 6.97. The molecule has 1 aliphatic carbocycles. The number of hydrogen-bond donors (Lipinski definition) is 3. The van der Waals surface area contributed by atoms with Crippen LogP contribution < -0.4 is 26.0 Å². The smallest absolute Gasteiger partial charge is 0.417 e. The highest BCUT2D eigenvalue weighted by Gasteiger charge is 2.35. The van der Waals surface area contributed by atoms with Crippen LogP contribution in [0.4, 0.5) is 18.9 Å². The second-order valence-electron chi connectivity index (χ2n) is 9.49. The molecule has 218 valence electrons. The van der Waals surface area contributed by atoms with Gasteiger partial charge in [-0.15, -0.1) is 11.3 Å². The molecule has 4 rings (SSSR count). The van der Waals surface area contributed by atoms with Crippen molar-refractivity contribution < 1.29 is 35.1 Å². The quantitative estimate of drug-likeness (QED) is 0.384. The van der Waals surface area contributed by atoms with Gasteiger partial charge in [-0.2, -0.15) is 13.2 Å². The standard InChI is InChI=1S/C26H29F3N6O4S.2H2/c1-31-12-17(10-30)33-23(37)19(8-15-4-2-3-5-15)34-24(38)21-7-6-18(40-21)13-35-20-9-16(26(27,28)29)11-32-25(20)39-14-22(35)36;;/h6-7,9-12,15,19H,2-5,8,13-14,30H2,1H3,(H,33,37)(H,34,38);2*1H/b17-10+,31-12?;;/t19-;;/m0../s1. The van der Waals surface area contributed by atoms with Crippen LogP contribution >= 0.6 is 11.3 Å². The molecule has 3 heterocycles. The van der Waals surface area contributed by atoms with Crippen LogP contribution in [0.25, 0.3) is 0 Å². The van der Waals surface area contributed by atoms with Gasteiger partial charge >= 0.3 is 6.18 Å². The summed E-state index contributed by atoms with van der Waals surface area (Å²) in [7, 11) is 1.54. The zero-order valence-corrected chi connectivity index (χ0v) is 22.5. The van der Waals surface area contributed by atoms with Crippen LogP contribution in [0.2, 0.25) is 0 Å². The van der Waals surface area contributed by atoms with Crippen molar-refractivity contribution in [2.45, 2.75) is 50.9 Å². The van der Waals surface area contributed by atoms with E-state index in [1.807, 2.05) is 0 Å². The monoisotopic (exact) mass is 582 g/mol. The number of allylic oxidation sites excluding steroid dienone is 1. The van der Waals surface area contributed by atoms with Crippen LogP contribution in [0.15, 0.2) is 41.3 Å². The topological polar surface area (TPSA) is 139 Å². The average molecular weight is 583 g/mol. The van der Waals surface area contributed by atoms with Gasteiger partial charge in [-0.1, -0.05) is 25.7 Å². The van der Waals surface area contributed by atoms with Crippen LogP contribution in [0.1, 0.15) is 55.1 Å². The lowest BCUT2D eigenvalue weighted by atomic mass is 9.97. The van der Waals surface area contributed by atoms with Crippen molar-refractivity contribution >= 4 is 41.0 Å². The summed E-state index contributed by atoms with van der Waals surface area (Å²) in [5.74, 6) is -1.23. The number of aromatic nitrogens is 1. The molecule has 2 aromatic heterocycles. The normalized spacial score (nSPS) is 17.1. The lowest BCUT2D eigenvalue weighted by Crippen LogP contribution is -2.47. The van der Waals surface area contributed by atoms with Crippen molar-refractivity contribution in [3.8, 4) is 5.88 Å². The number of carbonyl (C=O) groups excluding carboxylic acids is 3. The molecule has 1 atom stereocenters. The summed E-state index contributed by atoms with van der Waals surface area (Å²) in [6, 6.07) is 3.16. The Morgan fingerprint density at radius 2 is 2.10 bits per heavy atom. The van der Waals surface area contributed by atoms with E-state index in [1.54, 1.807) is 12.1 Å². The number of carbonyl (C=O) groups is 3. The van der Waals surface area contributed by atoms with E-state index in [0.717, 1.165) is 48.0 Å². The molecule has 2 aliphatic rings. The number of alkyl halides is 3. The molecule has 4 N–H and O–H groups in total. The molecule has 2 aromatic rings. The second-order valence-corrected chi connectivity index (χ2v) is 10.7. The number of anilines is 1. The Labute approximate surface area is 235 Å². The summed E-state index contributed by atoms with van der Waals surface area (Å²) in [5.41, 5.74) is 4.76. The lowest BCUT2D eigenvalue weighted by Gasteiger charge is -2.28. The Balaban J connectivity index is 0.00000308. The molecular formula is C26H33F3N6O4S. The van der Waals surface area contributed by atoms with E-state index in [1.165, 1.54) is 19.5 Å². The Morgan fingerprint density at radius 1 is 1.35 bits per heavy atom. The van der Waals surface area contributed by atoms with Gasteiger partial charge in [-0.05, 0) is 30.5 Å². The summed E-state index contributed by atoms with van der Waals surface area (Å²) in [6.45, 7) is -0.451. The number of halogens is 3. The SMILES string of the molecule is CN=C/C(=C\N)NC(=O)[C@H](CC1CCCC1)NC(=O)c1ccc(CN2C(=O)COc3ncc(C(F)(F)F)cc32)s1.[HH].[HH]. The minimum atomic E-state index is -4.65. The second kappa shape index (κ2) is 12.5. The predicted molar refractivity (Wildman–Crippen MR) is 147 cm³/mol. The fraction of sp³-hybridized carbons (Fsp3) is 0.423. The van der Waals surface area contributed by atoms with E-state index < -0.39 is 35.5 Å². The van der Waals surface area contributed by atoms with Crippen molar-refractivity contribution in [3.05, 3.63) is 51.6 Å². The van der Waals surface area contributed by atoms with Gasteiger partial charge in [-0.3, -0.25) is 24.3 Å². The third-order valence-electron chi connectivity index (χ3n) is 6.66. The summed E-state index contributed by atoms with van der Waals surface area (Å²) < 4.78 is 44.9. The van der Waals surface area contributed by atoms with Crippen LogP contribution in [-0.4, -0.2) is 48.6 Å². The maximum atomic E-state index is 13.2. The maximum Gasteiger partial charge on any atom is 0.417 e. The molecule has 10 nitrogen and oxygen atoms in total. The van der Waals surface area contributed by atoms with Crippen molar-refractivity contribution in [1.29, 1.82) is 0 Å². The number of pyridine rings is 1. The van der Waals surface area contributed by atoms with Crippen LogP contribution in [-0.2, 0) is 22.3 Å². The molecule has 3 amide bonds. The highest BCUT2D eigenvalue weighted by Crippen LogP contribution is 2.38. The Bertz CT molecular complexity index is 1330. The lowest BCUT2D eigenvalue weighted by molar-refractivity contribution is -0.138. The van der Waals surface area contributed by atoms with E-state index in [2.05, 4.69) is 20.6 Å². The number of rotatable bonds is 9. The largest absolute Gasteiger partial charge is 0.466 e. The zero-order valence-electron chi connectivity index (χ0n) is 21.7. The summed E-state index contributed by atoms with van der Waals surface area (Å²) >= 11 is 1.07. The molecule has 0 aromatic carbocycles. The van der Waals surface area contributed by atoms with E-state index >= 15 is 0 Å². The van der Waals surface area contributed by atoms with Crippen LogP contribution in [0.3, 0.4) is 0 Å². The summed E-state index contributed by atoms with van der Waals surface area (Å²) in [6.07, 6.45) is 3.16. The Kier molecular flexibility index (Phi) is 9.07. The molecule has 0 spiro atoms. The molecular weight excluding hydrogens is 549 g/mol. The molecule has 0 bridgehead atoms. The van der Waals surface area contributed by atoms with Crippen LogP contribution in [0.5, 0.6) is 5.88 Å². The predicted octanol–water partition coefficient (Wildman–Crippen LogP) is 3.88. The third-order valence-corrected chi connectivity index (χ3v) is 7.73. The van der Waals surface area contributed by atoms with Gasteiger partial charge in [0.05, 0.1) is 22.7 Å². The van der Waals surface area contributed by atoms with Gasteiger partial charge in [0, 0.05) is 33.4 Å². The van der Waals surface area contributed by atoms with Gasteiger partial charge in [-0.25, -0.2) is 4.98 Å². The first-order valence-corrected chi connectivity index (χ1v) is 13.5. The van der Waals surface area contributed by atoms with Crippen molar-refractivity contribution in [3.63, 3.8) is 0 Å². The zero-order chi connectivity index (χ0) is 28.9. The number of thiophene rings is 1. The number of amides is 3. The highest BCUT2D eigenvalue weighted by atomic mass is 32.1. The van der Waals surface area contributed by atoms with Gasteiger partial charge < -0.3 is 21.1 Å². The number of aliphatic imine (C=N–C) groups is 1. The molecule has 14 heteroatoms. The van der Waals surface area contributed by atoms with Crippen molar-refractivity contribution in [2.24, 2.45) is 16.6 Å². The van der Waals surface area contributed by atoms with E-state index in [-0.39, 0.29) is 32.4 Å². The number of hydrogen-bond acceptors (Lipinski definition) is 8. The summed E-state index contributed by atoms with van der Waals surface area (Å²) in [4.78, 5) is 48.3. The number of nitrogens with zero attached hydrogens (tertiary/aromatic N) is 3. The first-order valence-electron chi connectivity index (χ1n) is 12.6. The van der Waals surface area contributed by atoms with E-state index in [4.69, 9.17) is 10.5 Å². The van der Waals surface area contributed by atoms with Gasteiger partial charge in [0.1, 0.15) is 11.7 Å². The Morgan fingerprint density at radius 3 is 2.77 bits per heavy atom. The highest BCUT2D eigenvalue weighted by molar-refractivity contribution is 7.14. The van der Waals surface area contributed by atoms with Gasteiger partial charge in [0.25, 0.3) is 11.8 Å². The molecule has 40 heavy (non-hydrogen) atoms.